The first kappa shape index (κ1) is 21.8. The van der Waals surface area contributed by atoms with E-state index in [0.717, 1.165) is 17.3 Å². The van der Waals surface area contributed by atoms with Crippen LogP contribution in [0.15, 0.2) is 42.7 Å². The second-order valence-corrected chi connectivity index (χ2v) is 7.40. The largest absolute Gasteiger partial charge is 0.493 e. The van der Waals surface area contributed by atoms with Crippen LogP contribution < -0.4 is 9.64 Å². The van der Waals surface area contributed by atoms with Crippen LogP contribution in [0.3, 0.4) is 0 Å². The molecule has 0 fully saturated rings. The van der Waals surface area contributed by atoms with Crippen molar-refractivity contribution >= 4 is 11.6 Å². The van der Waals surface area contributed by atoms with Crippen molar-refractivity contribution in [3.05, 3.63) is 59.7 Å². The van der Waals surface area contributed by atoms with Gasteiger partial charge in [0.2, 0.25) is 0 Å². The summed E-state index contributed by atoms with van der Waals surface area (Å²) in [5.74, 6) is -0.784. The van der Waals surface area contributed by atoms with Crippen LogP contribution in [0.4, 0.5) is 18.9 Å². The van der Waals surface area contributed by atoms with Crippen molar-refractivity contribution in [2.24, 2.45) is 0 Å². The number of nitrogens with zero attached hydrogens (tertiary/aromatic N) is 4. The number of rotatable bonds is 5. The number of carbonyl (C=O) groups excluding carboxylic acids is 1. The first-order valence-electron chi connectivity index (χ1n) is 10.0. The molecule has 3 heterocycles. The number of halogens is 3. The highest BCUT2D eigenvalue weighted by atomic mass is 19.4. The Hall–Kier alpha value is -3.40. The third-order valence-corrected chi connectivity index (χ3v) is 5.28. The van der Waals surface area contributed by atoms with Crippen LogP contribution in [0.5, 0.6) is 5.75 Å². The van der Waals surface area contributed by atoms with Crippen LogP contribution in [0.1, 0.15) is 34.7 Å². The number of ether oxygens (including phenoxy) is 1. The van der Waals surface area contributed by atoms with Gasteiger partial charge < -0.3 is 14.7 Å². The monoisotopic (exact) mass is 446 g/mol. The van der Waals surface area contributed by atoms with E-state index in [2.05, 4.69) is 10.1 Å². The molecule has 0 radical (unpaired) electrons. The minimum atomic E-state index is -4.59. The van der Waals surface area contributed by atoms with Gasteiger partial charge in [-0.3, -0.25) is 14.5 Å². The van der Waals surface area contributed by atoms with Crippen molar-refractivity contribution in [1.29, 1.82) is 0 Å². The predicted molar refractivity (Wildman–Crippen MR) is 111 cm³/mol. The molecule has 7 nitrogen and oxygen atoms in total. The number of carbonyl (C=O) groups is 1. The lowest BCUT2D eigenvalue weighted by molar-refractivity contribution is -0.138. The number of aliphatic hydroxyl groups excluding tert-OH is 1. The summed E-state index contributed by atoms with van der Waals surface area (Å²) in [7, 11) is 0. The highest BCUT2D eigenvalue weighted by Crippen LogP contribution is 2.40. The number of fused-ring (bicyclic) bond motifs is 1. The van der Waals surface area contributed by atoms with Gasteiger partial charge in [0.1, 0.15) is 11.4 Å². The van der Waals surface area contributed by atoms with Crippen molar-refractivity contribution in [3.63, 3.8) is 0 Å². The van der Waals surface area contributed by atoms with Gasteiger partial charge in [0.05, 0.1) is 37.6 Å². The summed E-state index contributed by atoms with van der Waals surface area (Å²) in [6.45, 7) is 3.20. The van der Waals surface area contributed by atoms with E-state index < -0.39 is 23.7 Å². The summed E-state index contributed by atoms with van der Waals surface area (Å²) >= 11 is 0. The van der Waals surface area contributed by atoms with Crippen LogP contribution in [0, 0.1) is 6.92 Å². The van der Waals surface area contributed by atoms with Gasteiger partial charge in [-0.25, -0.2) is 0 Å². The van der Waals surface area contributed by atoms with Gasteiger partial charge in [0.15, 0.2) is 0 Å². The highest BCUT2D eigenvalue weighted by Gasteiger charge is 2.38. The second-order valence-electron chi connectivity index (χ2n) is 7.40. The molecule has 1 aromatic carbocycles. The van der Waals surface area contributed by atoms with Crippen LogP contribution in [-0.2, 0) is 6.18 Å². The molecular weight excluding hydrogens is 425 g/mol. The number of anilines is 1. The first-order valence-corrected chi connectivity index (χ1v) is 10.0. The predicted octanol–water partition coefficient (Wildman–Crippen LogP) is 3.86. The van der Waals surface area contributed by atoms with Crippen molar-refractivity contribution in [2.75, 3.05) is 24.7 Å². The van der Waals surface area contributed by atoms with Crippen molar-refractivity contribution in [1.82, 2.24) is 14.8 Å². The number of benzene rings is 1. The van der Waals surface area contributed by atoms with Crippen LogP contribution in [-0.4, -0.2) is 45.5 Å². The first-order chi connectivity index (χ1) is 15.2. The zero-order valence-electron chi connectivity index (χ0n) is 17.4. The van der Waals surface area contributed by atoms with Crippen molar-refractivity contribution in [3.8, 4) is 16.9 Å². The van der Waals surface area contributed by atoms with Crippen LogP contribution in [0.2, 0.25) is 0 Å². The molecular formula is C22H21F3N4O3. The molecule has 0 spiro atoms. The normalized spacial score (nSPS) is 16.2. The summed E-state index contributed by atoms with van der Waals surface area (Å²) < 4.78 is 46.8. The van der Waals surface area contributed by atoms with E-state index in [0.29, 0.717) is 5.56 Å². The molecule has 1 aliphatic rings. The van der Waals surface area contributed by atoms with Gasteiger partial charge in [0.25, 0.3) is 5.91 Å². The molecule has 0 saturated heterocycles. The number of alkyl halides is 3. The molecule has 10 heteroatoms. The zero-order valence-corrected chi connectivity index (χ0v) is 17.4. The van der Waals surface area contributed by atoms with E-state index in [-0.39, 0.29) is 36.9 Å². The minimum Gasteiger partial charge on any atom is -0.493 e. The molecule has 1 N–H and O–H groups in total. The Labute approximate surface area is 182 Å². The van der Waals surface area contributed by atoms with Crippen LogP contribution >= 0.6 is 0 Å². The summed E-state index contributed by atoms with van der Waals surface area (Å²) in [5, 5.41) is 14.2. The SMILES string of the molecule is CCOc1cc(N2CC(CO)n3ncc(-c4ccnc(C)c4)c3C2=O)ccc1C(F)(F)F. The van der Waals surface area contributed by atoms with Gasteiger partial charge >= 0.3 is 6.18 Å². The van der Waals surface area contributed by atoms with E-state index in [1.165, 1.54) is 21.7 Å². The Kier molecular flexibility index (Phi) is 5.64. The maximum Gasteiger partial charge on any atom is 0.419 e. The molecule has 1 aliphatic heterocycles. The molecule has 1 atom stereocenters. The number of hydrogen-bond acceptors (Lipinski definition) is 5. The third kappa shape index (κ3) is 3.81. The number of aliphatic hydroxyl groups is 1. The second kappa shape index (κ2) is 8.27. The van der Waals surface area contributed by atoms with Gasteiger partial charge in [0, 0.05) is 29.2 Å². The number of amides is 1. The maximum absolute atomic E-state index is 13.5. The lowest BCUT2D eigenvalue weighted by Gasteiger charge is -2.33. The van der Waals surface area contributed by atoms with Gasteiger partial charge in [-0.15, -0.1) is 0 Å². The Balaban J connectivity index is 1.80. The van der Waals surface area contributed by atoms with Crippen LogP contribution in [0.25, 0.3) is 11.1 Å². The molecule has 1 unspecified atom stereocenters. The van der Waals surface area contributed by atoms with Crippen molar-refractivity contribution in [2.45, 2.75) is 26.1 Å². The average Bonchev–Trinajstić information content (AvgIpc) is 3.19. The standard InChI is InChI=1S/C22H21F3N4O3/c1-3-32-19-9-15(4-5-18(19)22(23,24)25)28-11-16(12-30)29-20(21(28)31)17(10-27-29)14-6-7-26-13(2)8-14/h4-10,16,30H,3,11-12H2,1-2H3. The summed E-state index contributed by atoms with van der Waals surface area (Å²) in [5.41, 5.74) is 1.62. The summed E-state index contributed by atoms with van der Waals surface area (Å²) in [4.78, 5) is 19.0. The van der Waals surface area contributed by atoms with Crippen molar-refractivity contribution < 1.29 is 27.8 Å². The fourth-order valence-corrected chi connectivity index (χ4v) is 3.82. The Morgan fingerprint density at radius 1 is 1.25 bits per heavy atom. The quantitative estimate of drug-likeness (QED) is 0.644. The molecule has 2 aromatic heterocycles. The number of aromatic nitrogens is 3. The van der Waals surface area contributed by atoms with Gasteiger partial charge in [-0.05, 0) is 43.7 Å². The Morgan fingerprint density at radius 2 is 2.03 bits per heavy atom. The van der Waals surface area contributed by atoms with E-state index in [4.69, 9.17) is 4.74 Å². The lowest BCUT2D eigenvalue weighted by atomic mass is 10.0. The molecule has 4 rings (SSSR count). The third-order valence-electron chi connectivity index (χ3n) is 5.28. The minimum absolute atomic E-state index is 0.0397. The lowest BCUT2D eigenvalue weighted by Crippen LogP contribution is -2.44. The zero-order chi connectivity index (χ0) is 23.0. The number of pyridine rings is 1. The molecule has 0 bridgehead atoms. The Bertz CT molecular complexity index is 1160. The number of hydrogen-bond donors (Lipinski definition) is 1. The fourth-order valence-electron chi connectivity index (χ4n) is 3.82. The van der Waals surface area contributed by atoms with E-state index in [1.54, 1.807) is 25.4 Å². The molecule has 168 valence electrons. The average molecular weight is 446 g/mol. The molecule has 0 saturated carbocycles. The Morgan fingerprint density at radius 3 is 2.69 bits per heavy atom. The highest BCUT2D eigenvalue weighted by molar-refractivity contribution is 6.10. The topological polar surface area (TPSA) is 80.5 Å². The van der Waals surface area contributed by atoms with E-state index in [9.17, 15) is 23.1 Å². The smallest absolute Gasteiger partial charge is 0.419 e. The maximum atomic E-state index is 13.5. The van der Waals surface area contributed by atoms with E-state index >= 15 is 0 Å². The molecule has 0 aliphatic carbocycles. The summed E-state index contributed by atoms with van der Waals surface area (Å²) in [6.07, 6.45) is -1.42. The molecule has 3 aromatic rings. The van der Waals surface area contributed by atoms with Gasteiger partial charge in [-0.2, -0.15) is 18.3 Å². The fraction of sp³-hybridized carbons (Fsp3) is 0.318. The van der Waals surface area contributed by atoms with E-state index in [1.807, 2.05) is 13.0 Å². The number of aryl methyl sites for hydroxylation is 1. The summed E-state index contributed by atoms with van der Waals surface area (Å²) in [6, 6.07) is 6.35. The molecule has 32 heavy (non-hydrogen) atoms. The molecule has 1 amide bonds. The van der Waals surface area contributed by atoms with Gasteiger partial charge in [-0.1, -0.05) is 0 Å².